The van der Waals surface area contributed by atoms with E-state index in [0.29, 0.717) is 12.4 Å². The van der Waals surface area contributed by atoms with Crippen molar-refractivity contribution in [2.75, 3.05) is 6.61 Å². The minimum absolute atomic E-state index is 0.313. The van der Waals surface area contributed by atoms with Gasteiger partial charge in [-0.15, -0.1) is 5.92 Å². The van der Waals surface area contributed by atoms with Crippen LogP contribution in [-0.4, -0.2) is 12.8 Å². The van der Waals surface area contributed by atoms with Crippen LogP contribution in [0.3, 0.4) is 0 Å². The molecule has 1 heterocycles. The van der Waals surface area contributed by atoms with Crippen molar-refractivity contribution in [3.8, 4) is 11.8 Å². The first-order chi connectivity index (χ1) is 5.93. The number of oxime groups is 1. The van der Waals surface area contributed by atoms with Crippen molar-refractivity contribution >= 4 is 6.21 Å². The molecule has 0 aliphatic carbocycles. The summed E-state index contributed by atoms with van der Waals surface area (Å²) in [5.41, 5.74) is 0. The molecule has 0 bridgehead atoms. The highest BCUT2D eigenvalue weighted by Crippen LogP contribution is 1.94. The zero-order valence-electron chi connectivity index (χ0n) is 6.78. The van der Waals surface area contributed by atoms with Gasteiger partial charge < -0.3 is 9.25 Å². The highest BCUT2D eigenvalue weighted by Gasteiger charge is 1.86. The summed E-state index contributed by atoms with van der Waals surface area (Å²) in [7, 11) is 0. The first kappa shape index (κ1) is 8.41. The first-order valence-corrected chi connectivity index (χ1v) is 3.52. The van der Waals surface area contributed by atoms with E-state index in [4.69, 9.17) is 9.25 Å². The summed E-state index contributed by atoms with van der Waals surface area (Å²) in [6.07, 6.45) is 3.07. The minimum atomic E-state index is 0.313. The van der Waals surface area contributed by atoms with Crippen molar-refractivity contribution in [3.63, 3.8) is 0 Å². The van der Waals surface area contributed by atoms with Crippen LogP contribution < -0.4 is 0 Å². The molecule has 0 aliphatic heterocycles. The highest BCUT2D eigenvalue weighted by molar-refractivity contribution is 5.74. The van der Waals surface area contributed by atoms with Gasteiger partial charge in [-0.25, -0.2) is 0 Å². The summed E-state index contributed by atoms with van der Waals surface area (Å²) < 4.78 is 4.97. The fraction of sp³-hybridized carbons (Fsp3) is 0.222. The van der Waals surface area contributed by atoms with Crippen LogP contribution in [0.25, 0.3) is 0 Å². The van der Waals surface area contributed by atoms with Gasteiger partial charge in [-0.3, -0.25) is 0 Å². The predicted molar refractivity (Wildman–Crippen MR) is 45.7 cm³/mol. The summed E-state index contributed by atoms with van der Waals surface area (Å²) in [5, 5.41) is 3.63. The zero-order chi connectivity index (χ0) is 8.65. The van der Waals surface area contributed by atoms with Crippen molar-refractivity contribution in [2.24, 2.45) is 5.16 Å². The fourth-order valence-electron chi connectivity index (χ4n) is 0.596. The van der Waals surface area contributed by atoms with E-state index in [1.165, 1.54) is 6.21 Å². The van der Waals surface area contributed by atoms with Crippen molar-refractivity contribution in [3.05, 3.63) is 24.2 Å². The van der Waals surface area contributed by atoms with Crippen LogP contribution in [0.4, 0.5) is 0 Å². The molecule has 0 unspecified atom stereocenters. The lowest BCUT2D eigenvalue weighted by molar-refractivity contribution is 0.181. The smallest absolute Gasteiger partial charge is 0.177 e. The number of furan rings is 1. The Balaban J connectivity index is 2.26. The molecule has 0 fully saturated rings. The lowest BCUT2D eigenvalue weighted by atomic mass is 10.5. The van der Waals surface area contributed by atoms with Crippen molar-refractivity contribution in [1.29, 1.82) is 0 Å². The van der Waals surface area contributed by atoms with E-state index < -0.39 is 0 Å². The predicted octanol–water partition coefficient (Wildman–Crippen LogP) is 1.65. The molecule has 0 saturated heterocycles. The molecule has 1 rings (SSSR count). The Bertz CT molecular complexity index is 290. The van der Waals surface area contributed by atoms with Gasteiger partial charge in [-0.05, 0) is 19.1 Å². The summed E-state index contributed by atoms with van der Waals surface area (Å²) in [5.74, 6) is 6.07. The van der Waals surface area contributed by atoms with Gasteiger partial charge in [0.05, 0.1) is 6.26 Å². The van der Waals surface area contributed by atoms with Gasteiger partial charge in [0.2, 0.25) is 0 Å². The standard InChI is InChI=1S/C9H9NO2/c1-2-3-7-12-10-8-9-5-4-6-11-9/h4-6,8H,7H2,1H3/b10-8+. The van der Waals surface area contributed by atoms with E-state index in [1.54, 1.807) is 25.3 Å². The molecule has 0 atom stereocenters. The van der Waals surface area contributed by atoms with E-state index in [9.17, 15) is 0 Å². The zero-order valence-corrected chi connectivity index (χ0v) is 6.78. The van der Waals surface area contributed by atoms with Crippen LogP contribution in [0, 0.1) is 11.8 Å². The third-order valence-corrected chi connectivity index (χ3v) is 1.11. The average molecular weight is 163 g/mol. The van der Waals surface area contributed by atoms with Crippen LogP contribution in [-0.2, 0) is 4.84 Å². The van der Waals surface area contributed by atoms with Crippen LogP contribution in [0.15, 0.2) is 28.0 Å². The second-order valence-electron chi connectivity index (χ2n) is 1.95. The highest BCUT2D eigenvalue weighted by atomic mass is 16.6. The van der Waals surface area contributed by atoms with Crippen molar-refractivity contribution < 1.29 is 9.25 Å². The van der Waals surface area contributed by atoms with Crippen LogP contribution in [0.2, 0.25) is 0 Å². The van der Waals surface area contributed by atoms with E-state index in [2.05, 4.69) is 17.0 Å². The first-order valence-electron chi connectivity index (χ1n) is 3.52. The summed E-state index contributed by atoms with van der Waals surface area (Å²) in [6.45, 7) is 2.06. The molecule has 0 N–H and O–H groups in total. The Labute approximate surface area is 71.0 Å². The normalized spacial score (nSPS) is 9.42. The number of rotatable bonds is 3. The molecular formula is C9H9NO2. The molecule has 62 valence electrons. The van der Waals surface area contributed by atoms with E-state index in [1.807, 2.05) is 0 Å². The number of nitrogens with zero attached hydrogens (tertiary/aromatic N) is 1. The summed E-state index contributed by atoms with van der Waals surface area (Å²) >= 11 is 0. The number of hydrogen-bond acceptors (Lipinski definition) is 3. The quantitative estimate of drug-likeness (QED) is 0.294. The fourth-order valence-corrected chi connectivity index (χ4v) is 0.596. The second-order valence-corrected chi connectivity index (χ2v) is 1.95. The van der Waals surface area contributed by atoms with Crippen LogP contribution in [0.1, 0.15) is 12.7 Å². The molecule has 0 aliphatic rings. The number of hydrogen-bond donors (Lipinski definition) is 0. The maximum Gasteiger partial charge on any atom is 0.177 e. The van der Waals surface area contributed by atoms with Gasteiger partial charge in [0.1, 0.15) is 12.0 Å². The maximum atomic E-state index is 4.97. The monoisotopic (exact) mass is 163 g/mol. The Hall–Kier alpha value is -1.69. The van der Waals surface area contributed by atoms with Crippen LogP contribution in [0.5, 0.6) is 0 Å². The largest absolute Gasteiger partial charge is 0.463 e. The summed E-state index contributed by atoms with van der Waals surface area (Å²) in [6, 6.07) is 3.57. The summed E-state index contributed by atoms with van der Waals surface area (Å²) in [4.78, 5) is 4.78. The molecule has 0 aromatic carbocycles. The van der Waals surface area contributed by atoms with Gasteiger partial charge in [-0.2, -0.15) is 0 Å². The Kier molecular flexibility index (Phi) is 3.52. The van der Waals surface area contributed by atoms with Gasteiger partial charge >= 0.3 is 0 Å². The Morgan fingerprint density at radius 3 is 3.33 bits per heavy atom. The molecule has 0 saturated carbocycles. The molecule has 1 aromatic rings. The molecular weight excluding hydrogens is 154 g/mol. The van der Waals surface area contributed by atoms with E-state index in [-0.39, 0.29) is 0 Å². The molecule has 12 heavy (non-hydrogen) atoms. The Morgan fingerprint density at radius 2 is 2.67 bits per heavy atom. The lowest BCUT2D eigenvalue weighted by Gasteiger charge is -1.87. The molecule has 0 radical (unpaired) electrons. The maximum absolute atomic E-state index is 4.97. The minimum Gasteiger partial charge on any atom is -0.463 e. The van der Waals surface area contributed by atoms with Gasteiger partial charge in [0.25, 0.3) is 0 Å². The van der Waals surface area contributed by atoms with Gasteiger partial charge in [0.15, 0.2) is 6.61 Å². The van der Waals surface area contributed by atoms with Gasteiger partial charge in [0, 0.05) is 0 Å². The molecule has 3 nitrogen and oxygen atoms in total. The van der Waals surface area contributed by atoms with Crippen LogP contribution >= 0.6 is 0 Å². The molecule has 0 spiro atoms. The Morgan fingerprint density at radius 1 is 1.75 bits per heavy atom. The molecule has 0 amide bonds. The third-order valence-electron chi connectivity index (χ3n) is 1.11. The average Bonchev–Trinajstić information content (AvgIpc) is 2.57. The third kappa shape index (κ3) is 2.93. The lowest BCUT2D eigenvalue weighted by Crippen LogP contribution is -1.83. The van der Waals surface area contributed by atoms with E-state index in [0.717, 1.165) is 0 Å². The SMILES string of the molecule is CC#CCO/N=C/c1ccco1. The van der Waals surface area contributed by atoms with E-state index >= 15 is 0 Å². The second kappa shape index (κ2) is 5.03. The van der Waals surface area contributed by atoms with Gasteiger partial charge in [-0.1, -0.05) is 11.1 Å². The molecule has 1 aromatic heterocycles. The molecule has 3 heteroatoms. The van der Waals surface area contributed by atoms with Crippen molar-refractivity contribution in [1.82, 2.24) is 0 Å². The topological polar surface area (TPSA) is 34.7 Å². The van der Waals surface area contributed by atoms with Crippen molar-refractivity contribution in [2.45, 2.75) is 6.92 Å².